The molecule has 5 heteroatoms. The molecule has 0 aliphatic carbocycles. The second-order valence-electron chi connectivity index (χ2n) is 5.95. The lowest BCUT2D eigenvalue weighted by atomic mass is 10.2. The van der Waals surface area contributed by atoms with Gasteiger partial charge in [0, 0.05) is 11.9 Å². The van der Waals surface area contributed by atoms with Crippen molar-refractivity contribution < 1.29 is 4.74 Å². The third-order valence-electron chi connectivity index (χ3n) is 3.79. The van der Waals surface area contributed by atoms with E-state index in [0.717, 1.165) is 22.7 Å². The molecule has 1 heterocycles. The molecule has 0 atom stereocenters. The van der Waals surface area contributed by atoms with Crippen molar-refractivity contribution in [3.63, 3.8) is 0 Å². The number of nitrogens with one attached hydrogen (secondary N) is 1. The number of anilines is 1. The van der Waals surface area contributed by atoms with Gasteiger partial charge in [0.25, 0.3) is 0 Å². The van der Waals surface area contributed by atoms with Crippen molar-refractivity contribution >= 4 is 11.6 Å². The molecule has 0 amide bonds. The van der Waals surface area contributed by atoms with Crippen molar-refractivity contribution in [2.45, 2.75) is 20.1 Å². The van der Waals surface area contributed by atoms with Crippen LogP contribution in [0.25, 0.3) is 0 Å². The summed E-state index contributed by atoms with van der Waals surface area (Å²) in [5, 5.41) is 3.09. The summed E-state index contributed by atoms with van der Waals surface area (Å²) >= 11 is 0. The summed E-state index contributed by atoms with van der Waals surface area (Å²) in [6, 6.07) is 21.6. The number of hydrogen-bond donors (Lipinski definition) is 2. The predicted octanol–water partition coefficient (Wildman–Crippen LogP) is 3.90. The van der Waals surface area contributed by atoms with Gasteiger partial charge in [0.2, 0.25) is 0 Å². The van der Waals surface area contributed by atoms with Crippen LogP contribution in [0.4, 0.5) is 5.69 Å². The number of nitrogens with zero attached hydrogens (tertiary/aromatic N) is 2. The molecule has 26 heavy (non-hydrogen) atoms. The second kappa shape index (κ2) is 8.67. The Kier molecular flexibility index (Phi) is 5.83. The SMILES string of the molecule is Cc1ccc(NC(N)=NCc2ccc(OCc3ccccn3)cc2)cc1. The maximum atomic E-state index is 5.94. The lowest BCUT2D eigenvalue weighted by Gasteiger charge is -2.07. The number of benzene rings is 2. The summed E-state index contributed by atoms with van der Waals surface area (Å²) in [7, 11) is 0. The summed E-state index contributed by atoms with van der Waals surface area (Å²) in [5.41, 5.74) is 10.0. The maximum Gasteiger partial charge on any atom is 0.193 e. The first kappa shape index (κ1) is 17.5. The van der Waals surface area contributed by atoms with Gasteiger partial charge in [-0.3, -0.25) is 4.98 Å². The highest BCUT2D eigenvalue weighted by atomic mass is 16.5. The molecule has 3 N–H and O–H groups in total. The molecule has 0 unspecified atom stereocenters. The van der Waals surface area contributed by atoms with Gasteiger partial charge < -0.3 is 15.8 Å². The minimum absolute atomic E-state index is 0.393. The fourth-order valence-electron chi connectivity index (χ4n) is 2.33. The van der Waals surface area contributed by atoms with Crippen LogP contribution in [-0.4, -0.2) is 10.9 Å². The van der Waals surface area contributed by atoms with E-state index < -0.39 is 0 Å². The zero-order chi connectivity index (χ0) is 18.2. The van der Waals surface area contributed by atoms with Gasteiger partial charge >= 0.3 is 0 Å². The Morgan fingerprint density at radius 3 is 2.50 bits per heavy atom. The van der Waals surface area contributed by atoms with Gasteiger partial charge in [0.05, 0.1) is 12.2 Å². The van der Waals surface area contributed by atoms with Gasteiger partial charge in [-0.05, 0) is 48.9 Å². The van der Waals surface area contributed by atoms with Gasteiger partial charge in [-0.25, -0.2) is 4.99 Å². The first-order valence-corrected chi connectivity index (χ1v) is 8.44. The van der Waals surface area contributed by atoms with Crippen LogP contribution in [0.5, 0.6) is 5.75 Å². The van der Waals surface area contributed by atoms with Crippen molar-refractivity contribution in [1.29, 1.82) is 0 Å². The number of rotatable bonds is 6. The second-order valence-corrected chi connectivity index (χ2v) is 5.95. The van der Waals surface area contributed by atoms with Crippen LogP contribution in [0, 0.1) is 6.92 Å². The van der Waals surface area contributed by atoms with E-state index in [1.807, 2.05) is 73.7 Å². The molecular formula is C21H22N4O. The monoisotopic (exact) mass is 346 g/mol. The molecule has 3 aromatic rings. The number of pyridine rings is 1. The zero-order valence-corrected chi connectivity index (χ0v) is 14.7. The molecule has 0 aliphatic heterocycles. The number of hydrogen-bond acceptors (Lipinski definition) is 3. The number of aryl methyl sites for hydroxylation is 1. The number of guanidine groups is 1. The van der Waals surface area contributed by atoms with Crippen LogP contribution in [0.1, 0.15) is 16.8 Å². The fraction of sp³-hybridized carbons (Fsp3) is 0.143. The maximum absolute atomic E-state index is 5.94. The highest BCUT2D eigenvalue weighted by molar-refractivity contribution is 5.92. The normalized spacial score (nSPS) is 11.2. The Morgan fingerprint density at radius 1 is 1.04 bits per heavy atom. The molecule has 0 aliphatic rings. The van der Waals surface area contributed by atoms with Gasteiger partial charge in [-0.2, -0.15) is 0 Å². The van der Waals surface area contributed by atoms with E-state index in [1.54, 1.807) is 6.20 Å². The molecule has 5 nitrogen and oxygen atoms in total. The van der Waals surface area contributed by atoms with Crippen molar-refractivity contribution in [2.24, 2.45) is 10.7 Å². The Balaban J connectivity index is 1.51. The molecular weight excluding hydrogens is 324 g/mol. The summed E-state index contributed by atoms with van der Waals surface area (Å²) < 4.78 is 5.73. The number of ether oxygens (including phenoxy) is 1. The van der Waals surface area contributed by atoms with E-state index in [-0.39, 0.29) is 0 Å². The molecule has 1 aromatic heterocycles. The fourth-order valence-corrected chi connectivity index (χ4v) is 2.33. The molecule has 0 bridgehead atoms. The quantitative estimate of drug-likeness (QED) is 0.524. The average Bonchev–Trinajstić information content (AvgIpc) is 2.68. The molecule has 0 radical (unpaired) electrons. The number of aromatic nitrogens is 1. The lowest BCUT2D eigenvalue weighted by Crippen LogP contribution is -2.22. The zero-order valence-electron chi connectivity index (χ0n) is 14.7. The molecule has 3 rings (SSSR count). The number of nitrogens with two attached hydrogens (primary N) is 1. The van der Waals surface area contributed by atoms with E-state index in [2.05, 4.69) is 15.3 Å². The summed E-state index contributed by atoms with van der Waals surface area (Å²) in [5.74, 6) is 1.19. The van der Waals surface area contributed by atoms with Crippen LogP contribution < -0.4 is 15.8 Å². The predicted molar refractivity (Wildman–Crippen MR) is 105 cm³/mol. The Bertz CT molecular complexity index is 843. The topological polar surface area (TPSA) is 72.5 Å². The standard InChI is InChI=1S/C21H22N4O/c1-16-5-9-18(10-6-16)25-21(22)24-14-17-7-11-20(12-8-17)26-15-19-4-2-3-13-23-19/h2-13H,14-15H2,1H3,(H3,22,24,25). The minimum Gasteiger partial charge on any atom is -0.487 e. The van der Waals surface area contributed by atoms with Crippen LogP contribution in [0.2, 0.25) is 0 Å². The summed E-state index contributed by atoms with van der Waals surface area (Å²) in [4.78, 5) is 8.60. The molecule has 0 saturated heterocycles. The van der Waals surface area contributed by atoms with Gasteiger partial charge in [0.15, 0.2) is 5.96 Å². The summed E-state index contributed by atoms with van der Waals surface area (Å²) in [6.45, 7) is 3.00. The number of aliphatic imine (C=N–C) groups is 1. The third-order valence-corrected chi connectivity index (χ3v) is 3.79. The van der Waals surface area contributed by atoms with Crippen LogP contribution in [-0.2, 0) is 13.2 Å². The van der Waals surface area contributed by atoms with Gasteiger partial charge in [0.1, 0.15) is 12.4 Å². The van der Waals surface area contributed by atoms with E-state index in [0.29, 0.717) is 19.1 Å². The van der Waals surface area contributed by atoms with Crippen molar-refractivity contribution in [3.05, 3.63) is 89.7 Å². The third kappa shape index (κ3) is 5.34. The first-order valence-electron chi connectivity index (χ1n) is 8.44. The lowest BCUT2D eigenvalue weighted by molar-refractivity contribution is 0.301. The smallest absolute Gasteiger partial charge is 0.193 e. The van der Waals surface area contributed by atoms with Crippen molar-refractivity contribution in [1.82, 2.24) is 4.98 Å². The van der Waals surface area contributed by atoms with E-state index in [1.165, 1.54) is 5.56 Å². The van der Waals surface area contributed by atoms with Crippen molar-refractivity contribution in [2.75, 3.05) is 5.32 Å². The van der Waals surface area contributed by atoms with E-state index >= 15 is 0 Å². The Morgan fingerprint density at radius 2 is 1.81 bits per heavy atom. The van der Waals surface area contributed by atoms with Gasteiger partial charge in [-0.15, -0.1) is 0 Å². The molecule has 0 fully saturated rings. The average molecular weight is 346 g/mol. The highest BCUT2D eigenvalue weighted by Crippen LogP contribution is 2.14. The first-order chi connectivity index (χ1) is 12.7. The van der Waals surface area contributed by atoms with E-state index in [9.17, 15) is 0 Å². The van der Waals surface area contributed by atoms with Crippen LogP contribution in [0.3, 0.4) is 0 Å². The van der Waals surface area contributed by atoms with Gasteiger partial charge in [-0.1, -0.05) is 35.9 Å². The highest BCUT2D eigenvalue weighted by Gasteiger charge is 1.99. The van der Waals surface area contributed by atoms with Crippen LogP contribution >= 0.6 is 0 Å². The summed E-state index contributed by atoms with van der Waals surface area (Å²) in [6.07, 6.45) is 1.76. The molecule has 0 spiro atoms. The largest absolute Gasteiger partial charge is 0.487 e. The molecule has 2 aromatic carbocycles. The molecule has 0 saturated carbocycles. The Hall–Kier alpha value is -3.34. The minimum atomic E-state index is 0.393. The van der Waals surface area contributed by atoms with Crippen LogP contribution in [0.15, 0.2) is 77.9 Å². The van der Waals surface area contributed by atoms with Crippen molar-refractivity contribution in [3.8, 4) is 5.75 Å². The van der Waals surface area contributed by atoms with E-state index in [4.69, 9.17) is 10.5 Å². The molecule has 132 valence electrons. The Labute approximate surface area is 153 Å².